The molecule has 6 heteroatoms. The van der Waals surface area contributed by atoms with Crippen molar-refractivity contribution in [1.82, 2.24) is 0 Å². The molecule has 0 spiro atoms. The molecule has 0 aliphatic rings. The number of rotatable bonds is 11. The lowest BCUT2D eigenvalue weighted by atomic mass is 9.95. The zero-order chi connectivity index (χ0) is 24.8. The number of aryl methyl sites for hydroxylation is 1. The summed E-state index contributed by atoms with van der Waals surface area (Å²) < 4.78 is 37.9. The van der Waals surface area contributed by atoms with Crippen LogP contribution in [0.3, 0.4) is 0 Å². The molecule has 1 amide bonds. The number of amides is 1. The molecule has 180 valence electrons. The summed E-state index contributed by atoms with van der Waals surface area (Å²) in [4.78, 5) is 11.9. The first-order chi connectivity index (χ1) is 15.5. The Labute approximate surface area is 198 Å². The van der Waals surface area contributed by atoms with Crippen molar-refractivity contribution in [2.24, 2.45) is 5.73 Å². The SMILES string of the molecule is CC[Si](CC)(CC)OC(c1ccc(C)cc1)C(F)(F)/C=C/c1cc(C(C)C)ccc1C(N)=O. The summed E-state index contributed by atoms with van der Waals surface area (Å²) in [5, 5.41) is 0. The molecule has 0 heterocycles. The van der Waals surface area contributed by atoms with Crippen molar-refractivity contribution in [2.45, 2.75) is 77.6 Å². The van der Waals surface area contributed by atoms with Crippen LogP contribution >= 0.6 is 0 Å². The van der Waals surface area contributed by atoms with Crippen molar-refractivity contribution >= 4 is 20.3 Å². The zero-order valence-electron chi connectivity index (χ0n) is 20.6. The molecule has 3 nitrogen and oxygen atoms in total. The Kier molecular flexibility index (Phi) is 9.15. The number of carbonyl (C=O) groups excluding carboxylic acids is 1. The summed E-state index contributed by atoms with van der Waals surface area (Å²) >= 11 is 0. The van der Waals surface area contributed by atoms with E-state index in [4.69, 9.17) is 10.2 Å². The van der Waals surface area contributed by atoms with Gasteiger partial charge in [-0.1, -0.05) is 82.7 Å². The van der Waals surface area contributed by atoms with Crippen LogP contribution in [0.15, 0.2) is 48.5 Å². The molecule has 1 atom stereocenters. The third kappa shape index (κ3) is 6.61. The largest absolute Gasteiger partial charge is 0.404 e. The van der Waals surface area contributed by atoms with Gasteiger partial charge in [-0.05, 0) is 59.8 Å². The van der Waals surface area contributed by atoms with Gasteiger partial charge in [0.05, 0.1) is 0 Å². The molecule has 2 aromatic rings. The third-order valence-corrected chi connectivity index (χ3v) is 11.1. The van der Waals surface area contributed by atoms with Crippen molar-refractivity contribution < 1.29 is 18.0 Å². The maximum Gasteiger partial charge on any atom is 0.295 e. The smallest absolute Gasteiger partial charge is 0.295 e. The highest BCUT2D eigenvalue weighted by molar-refractivity contribution is 6.73. The lowest BCUT2D eigenvalue weighted by Gasteiger charge is -2.36. The van der Waals surface area contributed by atoms with E-state index in [1.165, 1.54) is 6.08 Å². The van der Waals surface area contributed by atoms with Crippen LogP contribution in [-0.4, -0.2) is 20.1 Å². The van der Waals surface area contributed by atoms with Crippen molar-refractivity contribution in [3.63, 3.8) is 0 Å². The van der Waals surface area contributed by atoms with Gasteiger partial charge in [-0.2, -0.15) is 8.78 Å². The monoisotopic (exact) mass is 473 g/mol. The first kappa shape index (κ1) is 26.9. The van der Waals surface area contributed by atoms with Gasteiger partial charge < -0.3 is 10.2 Å². The van der Waals surface area contributed by atoms with Gasteiger partial charge in [0.1, 0.15) is 6.10 Å². The third-order valence-electron chi connectivity index (χ3n) is 6.52. The molecule has 2 rings (SSSR count). The van der Waals surface area contributed by atoms with Crippen LogP contribution < -0.4 is 5.73 Å². The molecule has 1 unspecified atom stereocenters. The van der Waals surface area contributed by atoms with E-state index in [-0.39, 0.29) is 11.5 Å². The Morgan fingerprint density at radius 2 is 1.58 bits per heavy atom. The van der Waals surface area contributed by atoms with Gasteiger partial charge >= 0.3 is 0 Å². The van der Waals surface area contributed by atoms with Gasteiger partial charge in [-0.15, -0.1) is 0 Å². The summed E-state index contributed by atoms with van der Waals surface area (Å²) in [5.74, 6) is -3.74. The minimum atomic E-state index is -3.28. The van der Waals surface area contributed by atoms with Crippen LogP contribution in [0.4, 0.5) is 8.78 Å². The molecule has 0 aliphatic carbocycles. The van der Waals surface area contributed by atoms with Crippen molar-refractivity contribution in [3.05, 3.63) is 76.4 Å². The second kappa shape index (κ2) is 11.2. The van der Waals surface area contributed by atoms with Crippen molar-refractivity contribution in [2.75, 3.05) is 0 Å². The average Bonchev–Trinajstić information content (AvgIpc) is 2.79. The quantitative estimate of drug-likeness (QED) is 0.341. The molecule has 0 saturated carbocycles. The van der Waals surface area contributed by atoms with Crippen LogP contribution in [0, 0.1) is 6.92 Å². The number of hydrogen-bond acceptors (Lipinski definition) is 2. The van der Waals surface area contributed by atoms with E-state index in [2.05, 4.69) is 0 Å². The minimum absolute atomic E-state index is 0.188. The standard InChI is InChI=1S/C27H37F2NO2Si/c1-7-33(8-2,9-3)32-25(21-12-10-20(6)11-13-21)27(28,29)17-16-23-18-22(19(4)5)14-15-24(23)26(30)31/h10-19,25H,7-9H2,1-6H3,(H2,30,31)/b17-16+. The molecule has 0 bridgehead atoms. The van der Waals surface area contributed by atoms with E-state index in [0.29, 0.717) is 11.1 Å². The van der Waals surface area contributed by atoms with Crippen LogP contribution in [-0.2, 0) is 4.43 Å². The second-order valence-electron chi connectivity index (χ2n) is 9.03. The second-order valence-corrected chi connectivity index (χ2v) is 13.7. The molecule has 2 N–H and O–H groups in total. The van der Waals surface area contributed by atoms with Crippen LogP contribution in [0.5, 0.6) is 0 Å². The topological polar surface area (TPSA) is 52.3 Å². The molecule has 2 aromatic carbocycles. The van der Waals surface area contributed by atoms with Crippen LogP contribution in [0.2, 0.25) is 18.1 Å². The average molecular weight is 474 g/mol. The predicted octanol–water partition coefficient (Wildman–Crippen LogP) is 7.63. The normalized spacial score (nSPS) is 13.6. The van der Waals surface area contributed by atoms with Gasteiger partial charge in [0.2, 0.25) is 5.91 Å². The molecule has 0 fully saturated rings. The van der Waals surface area contributed by atoms with Gasteiger partial charge in [-0.25, -0.2) is 0 Å². The summed E-state index contributed by atoms with van der Waals surface area (Å²) in [7, 11) is -2.34. The van der Waals surface area contributed by atoms with Crippen LogP contribution in [0.25, 0.3) is 6.08 Å². The summed E-state index contributed by atoms with van der Waals surface area (Å²) in [6.07, 6.45) is 0.777. The maximum atomic E-state index is 15.8. The first-order valence-electron chi connectivity index (χ1n) is 11.7. The number of primary amides is 1. The predicted molar refractivity (Wildman–Crippen MR) is 135 cm³/mol. The first-order valence-corrected chi connectivity index (χ1v) is 14.3. The fraction of sp³-hybridized carbons (Fsp3) is 0.444. The number of alkyl halides is 2. The highest BCUT2D eigenvalue weighted by Crippen LogP contribution is 2.41. The number of carbonyl (C=O) groups is 1. The summed E-state index contributed by atoms with van der Waals surface area (Å²) in [5.41, 5.74) is 8.51. The fourth-order valence-corrected chi connectivity index (χ4v) is 6.74. The zero-order valence-corrected chi connectivity index (χ0v) is 21.6. The highest BCUT2D eigenvalue weighted by atomic mass is 28.4. The number of nitrogens with two attached hydrogens (primary N) is 1. The van der Waals surface area contributed by atoms with Gasteiger partial charge in [-0.3, -0.25) is 4.79 Å². The van der Waals surface area contributed by atoms with E-state index in [9.17, 15) is 4.79 Å². The Balaban J connectivity index is 2.54. The van der Waals surface area contributed by atoms with E-state index < -0.39 is 26.3 Å². The van der Waals surface area contributed by atoms with Gasteiger partial charge in [0, 0.05) is 5.56 Å². The lowest BCUT2D eigenvalue weighted by molar-refractivity contribution is -0.0627. The number of hydrogen-bond donors (Lipinski definition) is 1. The molecular formula is C27H37F2NO2Si. The fourth-order valence-electron chi connectivity index (χ4n) is 3.95. The van der Waals surface area contributed by atoms with Gasteiger partial charge in [0.25, 0.3) is 5.92 Å². The Hall–Kier alpha value is -2.31. The summed E-state index contributed by atoms with van der Waals surface area (Å²) in [6, 6.07) is 14.6. The van der Waals surface area contributed by atoms with Crippen LogP contribution in [0.1, 0.15) is 79.3 Å². The maximum absolute atomic E-state index is 15.8. The highest BCUT2D eigenvalue weighted by Gasteiger charge is 2.44. The van der Waals surface area contributed by atoms with E-state index in [1.54, 1.807) is 24.3 Å². The lowest BCUT2D eigenvalue weighted by Crippen LogP contribution is -2.41. The Bertz CT molecular complexity index is 958. The van der Waals surface area contributed by atoms with E-state index >= 15 is 8.78 Å². The van der Waals surface area contributed by atoms with Crippen molar-refractivity contribution in [3.8, 4) is 0 Å². The minimum Gasteiger partial charge on any atom is -0.404 e. The summed E-state index contributed by atoms with van der Waals surface area (Å²) in [6.45, 7) is 12.0. The number of halogens is 2. The Morgan fingerprint density at radius 3 is 2.06 bits per heavy atom. The van der Waals surface area contributed by atoms with Crippen molar-refractivity contribution in [1.29, 1.82) is 0 Å². The molecule has 0 aromatic heterocycles. The van der Waals surface area contributed by atoms with E-state index in [1.807, 2.05) is 59.7 Å². The molecular weight excluding hydrogens is 436 g/mol. The number of benzene rings is 2. The Morgan fingerprint density at radius 1 is 1.03 bits per heavy atom. The molecule has 0 saturated heterocycles. The molecule has 33 heavy (non-hydrogen) atoms. The van der Waals surface area contributed by atoms with Gasteiger partial charge in [0.15, 0.2) is 8.32 Å². The molecule has 0 aliphatic heterocycles. The molecule has 0 radical (unpaired) electrons. The van der Waals surface area contributed by atoms with E-state index in [0.717, 1.165) is 35.3 Å².